The molecule has 1 unspecified atom stereocenters. The Morgan fingerprint density at radius 2 is 0.769 bits per heavy atom. The van der Waals surface area contributed by atoms with Gasteiger partial charge in [0.2, 0.25) is 0 Å². The van der Waals surface area contributed by atoms with Gasteiger partial charge in [0, 0.05) is 22.4 Å². The smallest absolute Gasteiger partial charge is 0.0714 e. The van der Waals surface area contributed by atoms with E-state index in [1.54, 1.807) is 0 Å². The highest BCUT2D eigenvalue weighted by molar-refractivity contribution is 5.98. The molecule has 0 spiro atoms. The van der Waals surface area contributed by atoms with E-state index in [9.17, 15) is 0 Å². The zero-order chi connectivity index (χ0) is 43.5. The Kier molecular flexibility index (Phi) is 9.14. The molecule has 308 valence electrons. The fourth-order valence-electron chi connectivity index (χ4n) is 11.1. The number of anilines is 3. The zero-order valence-corrected chi connectivity index (χ0v) is 36.6. The second-order valence-corrected chi connectivity index (χ2v) is 18.0. The molecular weight excluding hydrogens is 783 g/mol. The highest BCUT2D eigenvalue weighted by Crippen LogP contribution is 2.60. The molecular formula is C64H47N. The number of hydrogen-bond donors (Lipinski definition) is 0. The molecule has 2 aliphatic carbocycles. The summed E-state index contributed by atoms with van der Waals surface area (Å²) in [7, 11) is 0. The van der Waals surface area contributed by atoms with E-state index in [1.807, 2.05) is 0 Å². The van der Waals surface area contributed by atoms with E-state index in [2.05, 4.69) is 267 Å². The molecule has 65 heavy (non-hydrogen) atoms. The quantitative estimate of drug-likeness (QED) is 0.147. The molecule has 12 rings (SSSR count). The monoisotopic (exact) mass is 829 g/mol. The van der Waals surface area contributed by atoms with Crippen molar-refractivity contribution in [2.75, 3.05) is 4.90 Å². The summed E-state index contributed by atoms with van der Waals surface area (Å²) in [5.74, 6) is 0. The van der Waals surface area contributed by atoms with Gasteiger partial charge in [-0.3, -0.25) is 0 Å². The van der Waals surface area contributed by atoms with Crippen LogP contribution in [0.2, 0.25) is 0 Å². The summed E-state index contributed by atoms with van der Waals surface area (Å²) >= 11 is 0. The molecule has 0 bridgehead atoms. The molecule has 0 fully saturated rings. The molecule has 1 heteroatoms. The zero-order valence-electron chi connectivity index (χ0n) is 36.6. The van der Waals surface area contributed by atoms with Gasteiger partial charge in [-0.2, -0.15) is 0 Å². The Hall–Kier alpha value is -8.00. The lowest BCUT2D eigenvalue weighted by Crippen LogP contribution is -2.28. The maximum Gasteiger partial charge on any atom is 0.0714 e. The summed E-state index contributed by atoms with van der Waals surface area (Å²) in [5.41, 5.74) is 22.8. The van der Waals surface area contributed by atoms with Gasteiger partial charge in [-0.05, 0) is 120 Å². The maximum atomic E-state index is 2.53. The third kappa shape index (κ3) is 6.15. The van der Waals surface area contributed by atoms with Crippen LogP contribution in [0.1, 0.15) is 47.2 Å². The Bertz CT molecular complexity index is 3380. The molecule has 0 saturated heterocycles. The van der Waals surface area contributed by atoms with E-state index >= 15 is 0 Å². The van der Waals surface area contributed by atoms with Crippen LogP contribution in [-0.4, -0.2) is 0 Å². The number of rotatable bonds is 8. The minimum absolute atomic E-state index is 0.159. The average molecular weight is 830 g/mol. The SMILES string of the molecule is CC1(C)c2ccccc2-c2ccc(N(c3cccc(-c4ccc(-c5ccccc5)cc4)c3)c3cccc4c3-c3ccccc3C4(c3ccccc3)c3cccc(-c4ccccc4)c3)cc21. The lowest BCUT2D eigenvalue weighted by Gasteiger charge is -2.35. The van der Waals surface area contributed by atoms with E-state index in [-0.39, 0.29) is 5.41 Å². The first kappa shape index (κ1) is 38.7. The van der Waals surface area contributed by atoms with Gasteiger partial charge in [0.05, 0.1) is 11.1 Å². The van der Waals surface area contributed by atoms with E-state index in [0.29, 0.717) is 0 Å². The summed E-state index contributed by atoms with van der Waals surface area (Å²) in [6, 6.07) is 92.1. The fraction of sp³-hybridized carbons (Fsp3) is 0.0625. The Morgan fingerprint density at radius 1 is 0.292 bits per heavy atom. The third-order valence-corrected chi connectivity index (χ3v) is 14.2. The summed E-state index contributed by atoms with van der Waals surface area (Å²) in [6.07, 6.45) is 0. The summed E-state index contributed by atoms with van der Waals surface area (Å²) in [6.45, 7) is 4.75. The van der Waals surface area contributed by atoms with Crippen LogP contribution < -0.4 is 4.90 Å². The number of nitrogens with zero attached hydrogens (tertiary/aromatic N) is 1. The number of benzene rings is 10. The Labute approximate surface area is 382 Å². The van der Waals surface area contributed by atoms with E-state index in [0.717, 1.165) is 17.1 Å². The van der Waals surface area contributed by atoms with Crippen LogP contribution in [0.4, 0.5) is 17.1 Å². The van der Waals surface area contributed by atoms with Crippen molar-refractivity contribution in [1.29, 1.82) is 0 Å². The van der Waals surface area contributed by atoms with Crippen LogP contribution >= 0.6 is 0 Å². The van der Waals surface area contributed by atoms with Crippen molar-refractivity contribution in [2.45, 2.75) is 24.7 Å². The van der Waals surface area contributed by atoms with E-state index < -0.39 is 5.41 Å². The largest absolute Gasteiger partial charge is 0.310 e. The molecule has 1 atom stereocenters. The molecule has 10 aromatic rings. The van der Waals surface area contributed by atoms with Crippen LogP contribution in [0, 0.1) is 0 Å². The minimum Gasteiger partial charge on any atom is -0.310 e. The van der Waals surface area contributed by atoms with Crippen molar-refractivity contribution in [3.63, 3.8) is 0 Å². The van der Waals surface area contributed by atoms with E-state index in [4.69, 9.17) is 0 Å². The molecule has 0 aliphatic heterocycles. The van der Waals surface area contributed by atoms with Crippen molar-refractivity contribution in [2.24, 2.45) is 0 Å². The average Bonchev–Trinajstić information content (AvgIpc) is 3.81. The van der Waals surface area contributed by atoms with Gasteiger partial charge in [0.25, 0.3) is 0 Å². The van der Waals surface area contributed by atoms with Crippen LogP contribution in [0.3, 0.4) is 0 Å². The first-order chi connectivity index (χ1) is 32.0. The van der Waals surface area contributed by atoms with Gasteiger partial charge in [-0.1, -0.05) is 226 Å². The third-order valence-electron chi connectivity index (χ3n) is 14.2. The van der Waals surface area contributed by atoms with Crippen LogP contribution in [-0.2, 0) is 10.8 Å². The summed E-state index contributed by atoms with van der Waals surface area (Å²) in [4.78, 5) is 2.53. The van der Waals surface area contributed by atoms with Gasteiger partial charge in [-0.15, -0.1) is 0 Å². The Morgan fingerprint density at radius 3 is 1.49 bits per heavy atom. The van der Waals surface area contributed by atoms with Crippen LogP contribution in [0.5, 0.6) is 0 Å². The standard InChI is InChI=1S/C64H47N/c1-63(2)57-31-14-12-29-54(57)55-40-39-53(43-60(55)63)65(52-28-17-24-49(42-52)47-37-35-46(36-38-47)44-19-6-3-7-20-44)61-34-18-33-59-62(61)56-30-13-15-32-58(56)64(59,50-25-10-5-11-26-50)51-27-16-23-48(41-51)45-21-8-4-9-22-45/h3-43H,1-2H3. The van der Waals surface area contributed by atoms with Crippen molar-refractivity contribution < 1.29 is 0 Å². The normalized spacial score (nSPS) is 15.1. The van der Waals surface area contributed by atoms with Gasteiger partial charge in [0.1, 0.15) is 0 Å². The fourth-order valence-corrected chi connectivity index (χ4v) is 11.1. The topological polar surface area (TPSA) is 3.24 Å². The van der Waals surface area contributed by atoms with Gasteiger partial charge < -0.3 is 4.90 Å². The first-order valence-electron chi connectivity index (χ1n) is 22.8. The van der Waals surface area contributed by atoms with Gasteiger partial charge in [0.15, 0.2) is 0 Å². The predicted octanol–water partition coefficient (Wildman–Crippen LogP) is 16.8. The highest BCUT2D eigenvalue weighted by Gasteiger charge is 2.47. The molecule has 0 saturated carbocycles. The Balaban J connectivity index is 1.10. The van der Waals surface area contributed by atoms with Crippen molar-refractivity contribution in [3.05, 3.63) is 282 Å². The minimum atomic E-state index is -0.580. The van der Waals surface area contributed by atoms with Crippen LogP contribution in [0.15, 0.2) is 249 Å². The molecule has 10 aromatic carbocycles. The second-order valence-electron chi connectivity index (χ2n) is 18.0. The van der Waals surface area contributed by atoms with E-state index in [1.165, 1.54) is 89.0 Å². The van der Waals surface area contributed by atoms with Gasteiger partial charge >= 0.3 is 0 Å². The van der Waals surface area contributed by atoms with Crippen molar-refractivity contribution in [3.8, 4) is 55.6 Å². The van der Waals surface area contributed by atoms with Crippen LogP contribution in [0.25, 0.3) is 55.6 Å². The van der Waals surface area contributed by atoms with Gasteiger partial charge in [-0.25, -0.2) is 0 Å². The molecule has 0 aromatic heterocycles. The molecule has 1 nitrogen and oxygen atoms in total. The molecule has 0 radical (unpaired) electrons. The van der Waals surface area contributed by atoms with Crippen molar-refractivity contribution >= 4 is 17.1 Å². The molecule has 0 N–H and O–H groups in total. The number of hydrogen-bond acceptors (Lipinski definition) is 1. The first-order valence-corrected chi connectivity index (χ1v) is 22.8. The predicted molar refractivity (Wildman–Crippen MR) is 272 cm³/mol. The summed E-state index contributed by atoms with van der Waals surface area (Å²) < 4.78 is 0. The molecule has 2 aliphatic rings. The lowest BCUT2D eigenvalue weighted by molar-refractivity contribution is 0.660. The summed E-state index contributed by atoms with van der Waals surface area (Å²) in [5, 5.41) is 0. The lowest BCUT2D eigenvalue weighted by atomic mass is 9.67. The highest BCUT2D eigenvalue weighted by atomic mass is 15.1. The molecule has 0 heterocycles. The second kappa shape index (κ2) is 15.4. The number of fused-ring (bicyclic) bond motifs is 6. The molecule has 0 amide bonds. The maximum absolute atomic E-state index is 2.53. The van der Waals surface area contributed by atoms with Crippen molar-refractivity contribution in [1.82, 2.24) is 0 Å².